The summed E-state index contributed by atoms with van der Waals surface area (Å²) < 4.78 is 5.16. The van der Waals surface area contributed by atoms with Gasteiger partial charge in [0.05, 0.1) is 12.6 Å². The molecule has 1 aromatic heterocycles. The van der Waals surface area contributed by atoms with Gasteiger partial charge in [0.25, 0.3) is 0 Å². The van der Waals surface area contributed by atoms with Gasteiger partial charge < -0.3 is 20.1 Å². The number of nitrogens with zero attached hydrogens (tertiary/aromatic N) is 2. The molecule has 0 aliphatic carbocycles. The van der Waals surface area contributed by atoms with Crippen LogP contribution in [0.3, 0.4) is 0 Å². The molecule has 3 rings (SSSR count). The molecule has 0 aliphatic rings. The normalized spacial score (nSPS) is 11.1. The van der Waals surface area contributed by atoms with E-state index < -0.39 is 0 Å². The average Bonchev–Trinajstić information content (AvgIpc) is 2.87. The van der Waals surface area contributed by atoms with Gasteiger partial charge in [-0.05, 0) is 49.0 Å². The number of aryl methyl sites for hydroxylation is 1. The Balaban J connectivity index is 1.82. The Morgan fingerprint density at radius 3 is 2.83 bits per heavy atom. The van der Waals surface area contributed by atoms with Gasteiger partial charge in [0.2, 0.25) is 11.0 Å². The molecule has 3 N–H and O–H groups in total. The third kappa shape index (κ3) is 3.36. The summed E-state index contributed by atoms with van der Waals surface area (Å²) in [6.07, 6.45) is 0. The number of methoxy groups -OCH3 is 1. The molecule has 0 unspecified atom stereocenters. The van der Waals surface area contributed by atoms with Crippen molar-refractivity contribution in [3.05, 3.63) is 48.0 Å². The van der Waals surface area contributed by atoms with Gasteiger partial charge in [-0.1, -0.05) is 12.1 Å². The van der Waals surface area contributed by atoms with E-state index in [0.717, 1.165) is 16.6 Å². The van der Waals surface area contributed by atoms with Gasteiger partial charge in [-0.3, -0.25) is 0 Å². The predicted octanol–water partition coefficient (Wildman–Crippen LogP) is 4.67. The Kier molecular flexibility index (Phi) is 4.43. The summed E-state index contributed by atoms with van der Waals surface area (Å²) in [6.45, 7) is 1.99. The van der Waals surface area contributed by atoms with E-state index in [-0.39, 0.29) is 11.0 Å². The number of aromatic amines is 1. The van der Waals surface area contributed by atoms with Gasteiger partial charge in [-0.25, -0.2) is 0 Å². The number of thiocarbonyl (C=S) groups is 1. The zero-order chi connectivity index (χ0) is 17.1. The highest BCUT2D eigenvalue weighted by Crippen LogP contribution is 2.36. The van der Waals surface area contributed by atoms with E-state index >= 15 is 0 Å². The lowest BCUT2D eigenvalue weighted by molar-refractivity contribution is 0.415. The summed E-state index contributed by atoms with van der Waals surface area (Å²) in [5.41, 5.74) is 2.99. The molecule has 0 saturated heterocycles. The number of rotatable bonds is 3. The molecule has 122 valence electrons. The SMILES string of the molecule is COc1ccc2c(N=NC(=S)Nc3cccc(C)c3)c(O)[nH]c2c1. The van der Waals surface area contributed by atoms with Crippen molar-refractivity contribution in [3.63, 3.8) is 0 Å². The van der Waals surface area contributed by atoms with Crippen molar-refractivity contribution in [3.8, 4) is 11.6 Å². The molecule has 0 saturated carbocycles. The molecule has 0 radical (unpaired) electrons. The lowest BCUT2D eigenvalue weighted by Crippen LogP contribution is -2.04. The van der Waals surface area contributed by atoms with Crippen molar-refractivity contribution in [1.82, 2.24) is 4.98 Å². The van der Waals surface area contributed by atoms with Crippen LogP contribution in [0.4, 0.5) is 11.4 Å². The first kappa shape index (κ1) is 15.9. The Labute approximate surface area is 144 Å². The number of azo groups is 1. The maximum absolute atomic E-state index is 10.0. The van der Waals surface area contributed by atoms with E-state index in [2.05, 4.69) is 20.5 Å². The molecular formula is C17H16N4O2S. The van der Waals surface area contributed by atoms with Crippen LogP contribution in [0.1, 0.15) is 5.56 Å². The summed E-state index contributed by atoms with van der Waals surface area (Å²) in [5.74, 6) is 0.615. The fraction of sp³-hybridized carbons (Fsp3) is 0.118. The van der Waals surface area contributed by atoms with Crippen LogP contribution in [0.2, 0.25) is 0 Å². The zero-order valence-electron chi connectivity index (χ0n) is 13.2. The first-order chi connectivity index (χ1) is 11.6. The van der Waals surface area contributed by atoms with Gasteiger partial charge in [0, 0.05) is 17.1 Å². The van der Waals surface area contributed by atoms with Crippen molar-refractivity contribution >= 4 is 39.6 Å². The number of aromatic hydroxyl groups is 1. The van der Waals surface area contributed by atoms with Crippen LogP contribution in [0.25, 0.3) is 10.9 Å². The Hall–Kier alpha value is -2.93. The third-order valence-corrected chi connectivity index (χ3v) is 3.65. The van der Waals surface area contributed by atoms with E-state index in [1.807, 2.05) is 31.2 Å². The molecule has 3 aromatic rings. The highest BCUT2D eigenvalue weighted by atomic mass is 32.1. The quantitative estimate of drug-likeness (QED) is 0.478. The highest BCUT2D eigenvalue weighted by molar-refractivity contribution is 7.80. The molecule has 0 bridgehead atoms. The molecule has 0 spiro atoms. The van der Waals surface area contributed by atoms with Crippen LogP contribution in [0, 0.1) is 6.92 Å². The lowest BCUT2D eigenvalue weighted by Gasteiger charge is -2.03. The summed E-state index contributed by atoms with van der Waals surface area (Å²) in [5, 5.41) is 22.0. The average molecular weight is 340 g/mol. The van der Waals surface area contributed by atoms with Crippen molar-refractivity contribution < 1.29 is 9.84 Å². The maximum atomic E-state index is 10.0. The predicted molar refractivity (Wildman–Crippen MR) is 98.4 cm³/mol. The number of hydrogen-bond donors (Lipinski definition) is 3. The van der Waals surface area contributed by atoms with Crippen LogP contribution in [0.15, 0.2) is 52.7 Å². The number of ether oxygens (including phenoxy) is 1. The fourth-order valence-electron chi connectivity index (χ4n) is 2.34. The molecule has 0 atom stereocenters. The minimum Gasteiger partial charge on any atom is -0.497 e. The fourth-order valence-corrected chi connectivity index (χ4v) is 2.50. The number of nitrogens with one attached hydrogen (secondary N) is 2. The number of benzene rings is 2. The number of anilines is 1. The number of hydrogen-bond acceptors (Lipinski definition) is 4. The first-order valence-corrected chi connectivity index (χ1v) is 7.65. The molecular weight excluding hydrogens is 324 g/mol. The second-order valence-corrected chi connectivity index (χ2v) is 5.62. The maximum Gasteiger partial charge on any atom is 0.218 e. The second kappa shape index (κ2) is 6.67. The molecule has 0 fully saturated rings. The molecule has 1 heterocycles. The van der Waals surface area contributed by atoms with Gasteiger partial charge >= 0.3 is 0 Å². The Morgan fingerprint density at radius 2 is 2.08 bits per heavy atom. The van der Waals surface area contributed by atoms with Gasteiger partial charge in [0.1, 0.15) is 5.75 Å². The van der Waals surface area contributed by atoms with E-state index in [1.54, 1.807) is 25.3 Å². The highest BCUT2D eigenvalue weighted by Gasteiger charge is 2.11. The second-order valence-electron chi connectivity index (χ2n) is 5.23. The van der Waals surface area contributed by atoms with Crippen molar-refractivity contribution in [1.29, 1.82) is 0 Å². The molecule has 2 aromatic carbocycles. The standard InChI is InChI=1S/C17H16N4O2S/c1-10-4-3-5-11(8-10)18-17(24)21-20-15-13-7-6-12(23-2)9-14(13)19-16(15)22/h3-9,19,22H,1-2H3,(H,18,24). The van der Waals surface area contributed by atoms with Crippen LogP contribution in [-0.2, 0) is 0 Å². The minimum atomic E-state index is -0.0691. The summed E-state index contributed by atoms with van der Waals surface area (Å²) in [4.78, 5) is 2.84. The van der Waals surface area contributed by atoms with Crippen LogP contribution < -0.4 is 10.1 Å². The van der Waals surface area contributed by atoms with E-state index in [9.17, 15) is 5.11 Å². The summed E-state index contributed by atoms with van der Waals surface area (Å²) in [7, 11) is 1.58. The van der Waals surface area contributed by atoms with E-state index in [0.29, 0.717) is 17.0 Å². The van der Waals surface area contributed by atoms with Crippen molar-refractivity contribution in [2.45, 2.75) is 6.92 Å². The topological polar surface area (TPSA) is 82.0 Å². The minimum absolute atomic E-state index is 0.0691. The third-order valence-electron chi connectivity index (χ3n) is 3.47. The number of aromatic nitrogens is 1. The van der Waals surface area contributed by atoms with Gasteiger partial charge in [-0.15, -0.1) is 10.2 Å². The van der Waals surface area contributed by atoms with E-state index in [4.69, 9.17) is 17.0 Å². The van der Waals surface area contributed by atoms with Crippen LogP contribution in [-0.4, -0.2) is 22.3 Å². The van der Waals surface area contributed by atoms with Crippen molar-refractivity contribution in [2.75, 3.05) is 12.4 Å². The Morgan fingerprint density at radius 1 is 1.25 bits per heavy atom. The zero-order valence-corrected chi connectivity index (χ0v) is 14.0. The molecule has 7 heteroatoms. The molecule has 0 amide bonds. The monoisotopic (exact) mass is 340 g/mol. The summed E-state index contributed by atoms with van der Waals surface area (Å²) >= 11 is 5.17. The molecule has 6 nitrogen and oxygen atoms in total. The van der Waals surface area contributed by atoms with Crippen LogP contribution in [0.5, 0.6) is 11.6 Å². The van der Waals surface area contributed by atoms with Crippen molar-refractivity contribution in [2.24, 2.45) is 10.2 Å². The lowest BCUT2D eigenvalue weighted by atomic mass is 10.2. The largest absolute Gasteiger partial charge is 0.497 e. The molecule has 24 heavy (non-hydrogen) atoms. The summed E-state index contributed by atoms with van der Waals surface area (Å²) in [6, 6.07) is 13.1. The van der Waals surface area contributed by atoms with Crippen LogP contribution >= 0.6 is 12.2 Å². The Bertz CT molecular complexity index is 933. The van der Waals surface area contributed by atoms with Gasteiger partial charge in [-0.2, -0.15) is 0 Å². The van der Waals surface area contributed by atoms with Gasteiger partial charge in [0.15, 0.2) is 5.69 Å². The number of fused-ring (bicyclic) bond motifs is 1. The number of H-pyrrole nitrogens is 1. The smallest absolute Gasteiger partial charge is 0.218 e. The molecule has 0 aliphatic heterocycles. The first-order valence-electron chi connectivity index (χ1n) is 7.25. The van der Waals surface area contributed by atoms with E-state index in [1.165, 1.54) is 0 Å².